The summed E-state index contributed by atoms with van der Waals surface area (Å²) in [6.07, 6.45) is 4.20. The van der Waals surface area contributed by atoms with E-state index < -0.39 is 17.9 Å². The van der Waals surface area contributed by atoms with Gasteiger partial charge in [0.2, 0.25) is 0 Å². The SMILES string of the molecule is CCc1nc(C(=O)NCC2(C#N)CCC(C)CC2)c(C#N)n1-c1ccc(CC(C)(C)C)cc1OC(F)F. The number of nitrogens with one attached hydrogen (secondary N) is 1. The Labute approximate surface area is 217 Å². The molecule has 2 aromatic rings. The fraction of sp³-hybridized carbons (Fsp3) is 0.571. The van der Waals surface area contributed by atoms with Gasteiger partial charge in [-0.05, 0) is 61.1 Å². The molecule has 1 N–H and O–H groups in total. The minimum Gasteiger partial charge on any atom is -0.433 e. The van der Waals surface area contributed by atoms with E-state index >= 15 is 0 Å². The van der Waals surface area contributed by atoms with E-state index in [0.29, 0.717) is 37.4 Å². The van der Waals surface area contributed by atoms with Gasteiger partial charge in [-0.2, -0.15) is 19.3 Å². The molecule has 0 radical (unpaired) electrons. The number of rotatable bonds is 8. The lowest BCUT2D eigenvalue weighted by molar-refractivity contribution is -0.0499. The van der Waals surface area contributed by atoms with E-state index in [1.165, 1.54) is 4.57 Å². The number of carbonyl (C=O) groups is 1. The number of alkyl halides is 2. The van der Waals surface area contributed by atoms with Gasteiger partial charge in [-0.25, -0.2) is 4.98 Å². The number of aryl methyl sites for hydroxylation is 1. The topological polar surface area (TPSA) is 104 Å². The van der Waals surface area contributed by atoms with Crippen LogP contribution in [0.15, 0.2) is 18.2 Å². The average Bonchev–Trinajstić information content (AvgIpc) is 3.21. The molecule has 0 atom stereocenters. The van der Waals surface area contributed by atoms with E-state index in [0.717, 1.165) is 18.4 Å². The lowest BCUT2D eigenvalue weighted by atomic mass is 9.72. The Hall–Kier alpha value is -3.46. The molecule has 1 amide bonds. The fourth-order valence-corrected chi connectivity index (χ4v) is 4.86. The van der Waals surface area contributed by atoms with Crippen LogP contribution in [0.25, 0.3) is 5.69 Å². The lowest BCUT2D eigenvalue weighted by Gasteiger charge is -2.33. The molecule has 1 aromatic carbocycles. The highest BCUT2D eigenvalue weighted by Crippen LogP contribution is 2.38. The summed E-state index contributed by atoms with van der Waals surface area (Å²) in [5, 5.41) is 22.6. The molecule has 1 fully saturated rings. The predicted molar refractivity (Wildman–Crippen MR) is 135 cm³/mol. The molecular formula is C28H35F2N5O2. The normalized spacial score (nSPS) is 19.8. The average molecular weight is 512 g/mol. The first-order valence-corrected chi connectivity index (χ1v) is 12.7. The molecule has 1 saturated carbocycles. The van der Waals surface area contributed by atoms with Crippen molar-refractivity contribution in [1.29, 1.82) is 10.5 Å². The van der Waals surface area contributed by atoms with E-state index in [-0.39, 0.29) is 34.8 Å². The summed E-state index contributed by atoms with van der Waals surface area (Å²) >= 11 is 0. The molecule has 0 bridgehead atoms. The molecule has 0 spiro atoms. The number of nitrogens with zero attached hydrogens (tertiary/aromatic N) is 4. The number of benzene rings is 1. The zero-order chi connectivity index (χ0) is 27.4. The first kappa shape index (κ1) is 28.1. The summed E-state index contributed by atoms with van der Waals surface area (Å²) < 4.78 is 33.0. The van der Waals surface area contributed by atoms with Crippen LogP contribution >= 0.6 is 0 Å². The number of nitriles is 2. The number of amides is 1. The van der Waals surface area contributed by atoms with Crippen molar-refractivity contribution >= 4 is 5.91 Å². The van der Waals surface area contributed by atoms with Gasteiger partial charge in [0.1, 0.15) is 17.6 Å². The first-order valence-electron chi connectivity index (χ1n) is 12.7. The summed E-state index contributed by atoms with van der Waals surface area (Å²) in [5.74, 6) is 0.251. The molecule has 3 rings (SSSR count). The third kappa shape index (κ3) is 6.65. The third-order valence-corrected chi connectivity index (χ3v) is 6.86. The van der Waals surface area contributed by atoms with Crippen LogP contribution in [0.3, 0.4) is 0 Å². The molecule has 37 heavy (non-hydrogen) atoms. The zero-order valence-electron chi connectivity index (χ0n) is 22.2. The quantitative estimate of drug-likeness (QED) is 0.472. The summed E-state index contributed by atoms with van der Waals surface area (Å²) in [5.41, 5.74) is 0.135. The highest BCUT2D eigenvalue weighted by Gasteiger charge is 2.35. The Bertz CT molecular complexity index is 1210. The Kier molecular flexibility index (Phi) is 8.58. The molecular weight excluding hydrogens is 476 g/mol. The van der Waals surface area contributed by atoms with Crippen molar-refractivity contribution in [2.24, 2.45) is 16.7 Å². The summed E-state index contributed by atoms with van der Waals surface area (Å²) in [6, 6.07) is 9.39. The third-order valence-electron chi connectivity index (χ3n) is 6.86. The van der Waals surface area contributed by atoms with Crippen LogP contribution in [0.4, 0.5) is 8.78 Å². The number of halogens is 2. The summed E-state index contributed by atoms with van der Waals surface area (Å²) in [6.45, 7) is 7.19. The van der Waals surface area contributed by atoms with Crippen LogP contribution in [-0.2, 0) is 12.8 Å². The van der Waals surface area contributed by atoms with E-state index in [2.05, 4.69) is 23.3 Å². The highest BCUT2D eigenvalue weighted by molar-refractivity contribution is 5.94. The van der Waals surface area contributed by atoms with Gasteiger partial charge in [0, 0.05) is 13.0 Å². The largest absolute Gasteiger partial charge is 0.433 e. The van der Waals surface area contributed by atoms with Gasteiger partial charge in [-0.15, -0.1) is 0 Å². The van der Waals surface area contributed by atoms with Crippen molar-refractivity contribution in [1.82, 2.24) is 14.9 Å². The number of carbonyl (C=O) groups excluding carboxylic acids is 1. The van der Waals surface area contributed by atoms with Gasteiger partial charge in [0.05, 0.1) is 17.2 Å². The molecule has 1 aromatic heterocycles. The van der Waals surface area contributed by atoms with Crippen LogP contribution in [0.5, 0.6) is 5.75 Å². The fourth-order valence-electron chi connectivity index (χ4n) is 4.86. The van der Waals surface area contributed by atoms with Gasteiger partial charge < -0.3 is 10.1 Å². The van der Waals surface area contributed by atoms with Crippen molar-refractivity contribution in [3.05, 3.63) is 41.0 Å². The van der Waals surface area contributed by atoms with E-state index in [1.807, 2.05) is 26.8 Å². The molecule has 0 saturated heterocycles. The van der Waals surface area contributed by atoms with Crippen molar-refractivity contribution in [3.63, 3.8) is 0 Å². The smallest absolute Gasteiger partial charge is 0.387 e. The minimum atomic E-state index is -3.06. The Morgan fingerprint density at radius 3 is 2.51 bits per heavy atom. The molecule has 0 aliphatic heterocycles. The van der Waals surface area contributed by atoms with Gasteiger partial charge in [-0.1, -0.05) is 40.7 Å². The molecule has 9 heteroatoms. The molecule has 198 valence electrons. The highest BCUT2D eigenvalue weighted by atomic mass is 19.3. The second-order valence-electron chi connectivity index (χ2n) is 11.2. The standard InChI is InChI=1S/C28H35F2N5O2/c1-6-23-34-24(25(36)33-17-28(16-32)11-9-18(2)10-12-28)21(15-31)35(23)20-8-7-19(14-27(3,4)5)13-22(20)37-26(29)30/h7-8,13,18,26H,6,9-12,14,17H2,1-5H3,(H,33,36). The monoisotopic (exact) mass is 511 g/mol. The Balaban J connectivity index is 1.99. The molecule has 1 aliphatic rings. The van der Waals surface area contributed by atoms with E-state index in [1.54, 1.807) is 25.1 Å². The van der Waals surface area contributed by atoms with Crippen molar-refractivity contribution in [2.75, 3.05) is 6.54 Å². The van der Waals surface area contributed by atoms with Crippen LogP contribution in [0.1, 0.15) is 87.9 Å². The lowest BCUT2D eigenvalue weighted by Crippen LogP contribution is -2.39. The molecule has 1 heterocycles. The molecule has 0 unspecified atom stereocenters. The van der Waals surface area contributed by atoms with Gasteiger partial charge >= 0.3 is 6.61 Å². The van der Waals surface area contributed by atoms with Gasteiger partial charge in [0.15, 0.2) is 11.4 Å². The minimum absolute atomic E-state index is 0.0692. The van der Waals surface area contributed by atoms with Crippen LogP contribution in [0, 0.1) is 39.4 Å². The second-order valence-corrected chi connectivity index (χ2v) is 11.2. The summed E-state index contributed by atoms with van der Waals surface area (Å²) in [4.78, 5) is 17.6. The van der Waals surface area contributed by atoms with Gasteiger partial charge in [0.25, 0.3) is 5.91 Å². The number of hydrogen-bond donors (Lipinski definition) is 1. The van der Waals surface area contributed by atoms with E-state index in [4.69, 9.17) is 4.74 Å². The van der Waals surface area contributed by atoms with Crippen LogP contribution in [0.2, 0.25) is 0 Å². The van der Waals surface area contributed by atoms with Gasteiger partial charge in [-0.3, -0.25) is 9.36 Å². The zero-order valence-corrected chi connectivity index (χ0v) is 22.2. The second kappa shape index (κ2) is 11.3. The van der Waals surface area contributed by atoms with Crippen LogP contribution < -0.4 is 10.1 Å². The predicted octanol–water partition coefficient (Wildman–Crippen LogP) is 5.95. The Morgan fingerprint density at radius 2 is 1.97 bits per heavy atom. The maximum Gasteiger partial charge on any atom is 0.387 e. The van der Waals surface area contributed by atoms with E-state index in [9.17, 15) is 24.1 Å². The first-order chi connectivity index (χ1) is 17.4. The van der Waals surface area contributed by atoms with Crippen molar-refractivity contribution in [3.8, 4) is 23.6 Å². The number of imidazole rings is 1. The number of aromatic nitrogens is 2. The summed E-state index contributed by atoms with van der Waals surface area (Å²) in [7, 11) is 0. The van der Waals surface area contributed by atoms with Crippen molar-refractivity contribution in [2.45, 2.75) is 79.8 Å². The van der Waals surface area contributed by atoms with Crippen molar-refractivity contribution < 1.29 is 18.3 Å². The van der Waals surface area contributed by atoms with Crippen LogP contribution in [-0.4, -0.2) is 28.6 Å². The number of hydrogen-bond acceptors (Lipinski definition) is 5. The number of ether oxygens (including phenoxy) is 1. The molecule has 7 nitrogen and oxygen atoms in total. The Morgan fingerprint density at radius 1 is 1.30 bits per heavy atom. The molecule has 1 aliphatic carbocycles. The maximum absolute atomic E-state index is 13.4. The maximum atomic E-state index is 13.4.